The van der Waals surface area contributed by atoms with Crippen LogP contribution >= 0.6 is 0 Å². The molecule has 1 saturated carbocycles. The van der Waals surface area contributed by atoms with Gasteiger partial charge in [-0.15, -0.1) is 0 Å². The first-order chi connectivity index (χ1) is 13.7. The van der Waals surface area contributed by atoms with Gasteiger partial charge in [0.1, 0.15) is 0 Å². The van der Waals surface area contributed by atoms with Crippen molar-refractivity contribution in [3.8, 4) is 0 Å². The van der Waals surface area contributed by atoms with Crippen LogP contribution in [0.3, 0.4) is 0 Å². The predicted octanol–water partition coefficient (Wildman–Crippen LogP) is 3.41. The molecule has 1 fully saturated rings. The Morgan fingerprint density at radius 3 is 2.93 bits per heavy atom. The molecule has 3 unspecified atom stereocenters. The van der Waals surface area contributed by atoms with Crippen LogP contribution in [0.5, 0.6) is 0 Å². The second kappa shape index (κ2) is 10.6. The van der Waals surface area contributed by atoms with E-state index in [1.54, 1.807) is 0 Å². The Kier molecular flexibility index (Phi) is 7.83. The number of fused-ring (bicyclic) bond motifs is 1. The Bertz CT molecular complexity index is 818. The van der Waals surface area contributed by atoms with E-state index in [2.05, 4.69) is 46.8 Å². The van der Waals surface area contributed by atoms with Gasteiger partial charge in [0.05, 0.1) is 5.52 Å². The Hall–Kier alpha value is -1.95. The van der Waals surface area contributed by atoms with E-state index in [1.165, 1.54) is 10.9 Å². The summed E-state index contributed by atoms with van der Waals surface area (Å²) in [5.74, 6) is 1.62. The van der Waals surface area contributed by atoms with Gasteiger partial charge in [-0.25, -0.2) is 0 Å². The molecule has 2 N–H and O–H groups in total. The molecule has 1 aliphatic rings. The number of pyridine rings is 1. The zero-order valence-electron chi connectivity index (χ0n) is 17.0. The van der Waals surface area contributed by atoms with Gasteiger partial charge >= 0.3 is 0 Å². The van der Waals surface area contributed by atoms with E-state index in [-0.39, 0.29) is 0 Å². The number of aromatic nitrogens is 1. The van der Waals surface area contributed by atoms with Gasteiger partial charge in [-0.1, -0.05) is 37.6 Å². The van der Waals surface area contributed by atoms with Crippen LogP contribution in [0.2, 0.25) is 0 Å². The van der Waals surface area contributed by atoms with Gasteiger partial charge in [0.15, 0.2) is 5.96 Å². The number of benzene rings is 1. The highest BCUT2D eigenvalue weighted by Gasteiger charge is 2.26. The summed E-state index contributed by atoms with van der Waals surface area (Å²) < 4.78 is 12.2. The van der Waals surface area contributed by atoms with E-state index in [0.29, 0.717) is 17.8 Å². The van der Waals surface area contributed by atoms with Gasteiger partial charge in [-0.3, -0.25) is 14.2 Å². The standard InChI is InChI=1S/C22H32N4OS/c1-3-23-22(26-19-11-6-12-20(16-19)28(27)4-2)25-15-13-18-9-5-8-17-10-7-14-24-21(17)18/h5,7-10,14,19-20H,3-4,6,11-13,15-16H2,1-2H3,(H2,23,25,26). The van der Waals surface area contributed by atoms with Crippen LogP contribution in [0, 0.1) is 0 Å². The average Bonchev–Trinajstić information content (AvgIpc) is 2.73. The lowest BCUT2D eigenvalue weighted by molar-refractivity contribution is 0.413. The van der Waals surface area contributed by atoms with E-state index >= 15 is 0 Å². The number of hydrogen-bond donors (Lipinski definition) is 2. The van der Waals surface area contributed by atoms with Crippen LogP contribution < -0.4 is 10.6 Å². The fraction of sp³-hybridized carbons (Fsp3) is 0.545. The maximum atomic E-state index is 12.2. The molecule has 6 heteroatoms. The van der Waals surface area contributed by atoms with E-state index in [0.717, 1.165) is 55.9 Å². The quantitative estimate of drug-likeness (QED) is 0.552. The summed E-state index contributed by atoms with van der Waals surface area (Å²) in [4.78, 5) is 9.32. The summed E-state index contributed by atoms with van der Waals surface area (Å²) in [6.07, 6.45) is 7.02. The van der Waals surface area contributed by atoms with Crippen molar-refractivity contribution < 1.29 is 4.21 Å². The number of para-hydroxylation sites is 1. The lowest BCUT2D eigenvalue weighted by Gasteiger charge is -2.30. The minimum atomic E-state index is -0.704. The molecule has 1 aromatic carbocycles. The first kappa shape index (κ1) is 20.8. The van der Waals surface area contributed by atoms with Crippen molar-refractivity contribution >= 4 is 27.7 Å². The van der Waals surface area contributed by atoms with Crippen molar-refractivity contribution in [1.82, 2.24) is 15.6 Å². The van der Waals surface area contributed by atoms with Crippen LogP contribution in [-0.2, 0) is 17.2 Å². The third kappa shape index (κ3) is 5.53. The summed E-state index contributed by atoms with van der Waals surface area (Å²) in [6.45, 7) is 5.64. The molecule has 0 saturated heterocycles. The van der Waals surface area contributed by atoms with Gasteiger partial charge in [0, 0.05) is 52.5 Å². The molecule has 3 rings (SSSR count). The number of guanidine groups is 1. The van der Waals surface area contributed by atoms with E-state index in [9.17, 15) is 4.21 Å². The Balaban J connectivity index is 1.61. The smallest absolute Gasteiger partial charge is 0.191 e. The number of hydrogen-bond acceptors (Lipinski definition) is 3. The SMILES string of the molecule is CCNC(=NCCc1cccc2cccnc12)NC1CCCC(S(=O)CC)C1. The van der Waals surface area contributed by atoms with Crippen molar-refractivity contribution in [2.75, 3.05) is 18.8 Å². The molecule has 1 aliphatic carbocycles. The average molecular weight is 401 g/mol. The second-order valence-electron chi connectivity index (χ2n) is 7.30. The summed E-state index contributed by atoms with van der Waals surface area (Å²) >= 11 is 0. The topological polar surface area (TPSA) is 66.4 Å². The van der Waals surface area contributed by atoms with Crippen LogP contribution in [0.1, 0.15) is 45.1 Å². The lowest BCUT2D eigenvalue weighted by atomic mass is 9.95. The Morgan fingerprint density at radius 1 is 1.25 bits per heavy atom. The summed E-state index contributed by atoms with van der Waals surface area (Å²) in [5.41, 5.74) is 2.30. The maximum Gasteiger partial charge on any atom is 0.191 e. The fourth-order valence-electron chi connectivity index (χ4n) is 3.92. The van der Waals surface area contributed by atoms with Crippen molar-refractivity contribution in [2.24, 2.45) is 4.99 Å². The van der Waals surface area contributed by atoms with Crippen molar-refractivity contribution in [1.29, 1.82) is 0 Å². The molecule has 28 heavy (non-hydrogen) atoms. The fourth-order valence-corrected chi connectivity index (χ4v) is 5.27. The molecular formula is C22H32N4OS. The first-order valence-electron chi connectivity index (χ1n) is 10.5. The van der Waals surface area contributed by atoms with Gasteiger partial charge < -0.3 is 10.6 Å². The zero-order chi connectivity index (χ0) is 19.8. The summed E-state index contributed by atoms with van der Waals surface area (Å²) in [5, 5.41) is 8.43. The first-order valence-corrected chi connectivity index (χ1v) is 11.8. The minimum absolute atomic E-state index is 0.320. The van der Waals surface area contributed by atoms with Crippen LogP contribution in [0.25, 0.3) is 10.9 Å². The van der Waals surface area contributed by atoms with E-state index in [1.807, 2.05) is 19.2 Å². The van der Waals surface area contributed by atoms with Crippen molar-refractivity contribution in [2.45, 2.75) is 57.2 Å². The second-order valence-corrected chi connectivity index (χ2v) is 9.31. The number of nitrogens with one attached hydrogen (secondary N) is 2. The van der Waals surface area contributed by atoms with Gasteiger partial charge in [-0.2, -0.15) is 0 Å². The van der Waals surface area contributed by atoms with Crippen LogP contribution in [0.15, 0.2) is 41.5 Å². The molecule has 0 aliphatic heterocycles. The molecule has 1 aromatic heterocycles. The Morgan fingerprint density at radius 2 is 2.11 bits per heavy atom. The monoisotopic (exact) mass is 400 g/mol. The Labute approximate surface area is 170 Å². The van der Waals surface area contributed by atoms with Gasteiger partial charge in [0.2, 0.25) is 0 Å². The zero-order valence-corrected chi connectivity index (χ0v) is 17.8. The van der Waals surface area contributed by atoms with Crippen LogP contribution in [-0.4, -0.2) is 45.3 Å². The number of nitrogens with zero attached hydrogens (tertiary/aromatic N) is 2. The van der Waals surface area contributed by atoms with Crippen molar-refractivity contribution in [3.63, 3.8) is 0 Å². The van der Waals surface area contributed by atoms with E-state index < -0.39 is 10.8 Å². The predicted molar refractivity (Wildman–Crippen MR) is 119 cm³/mol. The normalized spacial score (nSPS) is 21.4. The highest BCUT2D eigenvalue weighted by atomic mass is 32.2. The van der Waals surface area contributed by atoms with Gasteiger partial charge in [0.25, 0.3) is 0 Å². The van der Waals surface area contributed by atoms with E-state index in [4.69, 9.17) is 4.99 Å². The third-order valence-corrected chi connectivity index (χ3v) is 7.08. The molecule has 0 radical (unpaired) electrons. The molecule has 1 heterocycles. The minimum Gasteiger partial charge on any atom is -0.357 e. The molecule has 0 spiro atoms. The highest BCUT2D eigenvalue weighted by molar-refractivity contribution is 7.85. The third-order valence-electron chi connectivity index (χ3n) is 5.33. The van der Waals surface area contributed by atoms with Crippen molar-refractivity contribution in [3.05, 3.63) is 42.1 Å². The largest absolute Gasteiger partial charge is 0.357 e. The lowest BCUT2D eigenvalue weighted by Crippen LogP contribution is -2.46. The molecule has 3 atom stereocenters. The van der Waals surface area contributed by atoms with Gasteiger partial charge in [-0.05, 0) is 44.2 Å². The number of rotatable bonds is 7. The molecule has 0 bridgehead atoms. The number of aliphatic imine (C=N–C) groups is 1. The molecule has 152 valence electrons. The molecular weight excluding hydrogens is 368 g/mol. The maximum absolute atomic E-state index is 12.2. The van der Waals surface area contributed by atoms with Crippen LogP contribution in [0.4, 0.5) is 0 Å². The summed E-state index contributed by atoms with van der Waals surface area (Å²) in [7, 11) is -0.704. The highest BCUT2D eigenvalue weighted by Crippen LogP contribution is 2.23. The molecule has 2 aromatic rings. The summed E-state index contributed by atoms with van der Waals surface area (Å²) in [6, 6.07) is 10.7. The molecule has 5 nitrogen and oxygen atoms in total. The molecule has 0 amide bonds.